The van der Waals surface area contributed by atoms with Gasteiger partial charge in [0, 0.05) is 11.1 Å². The maximum absolute atomic E-state index is 11.9. The third-order valence-electron chi connectivity index (χ3n) is 2.14. The summed E-state index contributed by atoms with van der Waals surface area (Å²) in [6.45, 7) is 1.92. The van der Waals surface area contributed by atoms with Crippen LogP contribution in [0.1, 0.15) is 15.2 Å². The van der Waals surface area contributed by atoms with Gasteiger partial charge < -0.3 is 5.73 Å². The molecule has 6 heteroatoms. The fourth-order valence-corrected chi connectivity index (χ4v) is 2.15. The summed E-state index contributed by atoms with van der Waals surface area (Å²) in [4.78, 5) is 17.0. The van der Waals surface area contributed by atoms with Crippen molar-refractivity contribution < 1.29 is 4.79 Å². The minimum absolute atomic E-state index is 0.278. The van der Waals surface area contributed by atoms with Crippen molar-refractivity contribution in [2.75, 3.05) is 11.1 Å². The van der Waals surface area contributed by atoms with Crippen molar-refractivity contribution in [2.24, 2.45) is 0 Å². The molecular formula is C11H10ClN3OS. The third kappa shape index (κ3) is 2.57. The highest BCUT2D eigenvalue weighted by Gasteiger charge is 2.13. The van der Waals surface area contributed by atoms with Gasteiger partial charge in [0.05, 0.1) is 16.3 Å². The van der Waals surface area contributed by atoms with Crippen LogP contribution in [0.15, 0.2) is 24.4 Å². The van der Waals surface area contributed by atoms with E-state index in [-0.39, 0.29) is 11.6 Å². The first-order valence-electron chi connectivity index (χ1n) is 4.85. The molecule has 0 aliphatic heterocycles. The Labute approximate surface area is 107 Å². The summed E-state index contributed by atoms with van der Waals surface area (Å²) >= 11 is 7.25. The number of carbonyl (C=O) groups excluding carboxylic acids is 1. The molecule has 1 heterocycles. The Kier molecular flexibility index (Phi) is 3.31. The van der Waals surface area contributed by atoms with Gasteiger partial charge in [0.1, 0.15) is 0 Å². The largest absolute Gasteiger partial charge is 0.397 e. The van der Waals surface area contributed by atoms with Crippen LogP contribution in [0.4, 0.5) is 10.8 Å². The molecule has 88 valence electrons. The van der Waals surface area contributed by atoms with Crippen LogP contribution in [-0.2, 0) is 0 Å². The van der Waals surface area contributed by atoms with Gasteiger partial charge in [-0.3, -0.25) is 10.1 Å². The molecule has 4 nitrogen and oxygen atoms in total. The second-order valence-corrected chi connectivity index (χ2v) is 5.07. The second-order valence-electron chi connectivity index (χ2n) is 3.43. The van der Waals surface area contributed by atoms with Gasteiger partial charge in [-0.05, 0) is 19.1 Å². The Morgan fingerprint density at radius 3 is 2.94 bits per heavy atom. The Bertz CT molecular complexity index is 568. The van der Waals surface area contributed by atoms with E-state index >= 15 is 0 Å². The fraction of sp³-hybridized carbons (Fsp3) is 0.0909. The van der Waals surface area contributed by atoms with Crippen molar-refractivity contribution in [3.05, 3.63) is 39.9 Å². The number of para-hydroxylation sites is 1. The first-order valence-corrected chi connectivity index (χ1v) is 6.05. The van der Waals surface area contributed by atoms with Crippen LogP contribution in [0.2, 0.25) is 5.02 Å². The van der Waals surface area contributed by atoms with E-state index in [4.69, 9.17) is 17.3 Å². The summed E-state index contributed by atoms with van der Waals surface area (Å²) < 4.78 is 0. The van der Waals surface area contributed by atoms with Crippen molar-refractivity contribution in [1.29, 1.82) is 0 Å². The minimum atomic E-state index is -0.306. The predicted octanol–water partition coefficient (Wildman–Crippen LogP) is 2.94. The van der Waals surface area contributed by atoms with Crippen molar-refractivity contribution in [3.8, 4) is 0 Å². The van der Waals surface area contributed by atoms with Crippen molar-refractivity contribution in [1.82, 2.24) is 4.98 Å². The number of aromatic nitrogens is 1. The molecule has 0 saturated heterocycles. The van der Waals surface area contributed by atoms with E-state index < -0.39 is 0 Å². The van der Waals surface area contributed by atoms with Gasteiger partial charge in [-0.1, -0.05) is 17.7 Å². The molecule has 0 bridgehead atoms. The fourth-order valence-electron chi connectivity index (χ4n) is 1.31. The van der Waals surface area contributed by atoms with Crippen LogP contribution in [0.3, 0.4) is 0 Å². The number of halogens is 1. The number of nitrogens with zero attached hydrogens (tertiary/aromatic N) is 1. The number of nitrogen functional groups attached to an aromatic ring is 1. The molecule has 17 heavy (non-hydrogen) atoms. The van der Waals surface area contributed by atoms with E-state index in [0.717, 1.165) is 4.88 Å². The lowest BCUT2D eigenvalue weighted by Gasteiger charge is -2.06. The number of nitrogens with one attached hydrogen (secondary N) is 1. The second kappa shape index (κ2) is 4.73. The highest BCUT2D eigenvalue weighted by atomic mass is 35.5. The zero-order chi connectivity index (χ0) is 12.4. The van der Waals surface area contributed by atoms with Crippen LogP contribution in [0, 0.1) is 6.92 Å². The number of nitrogens with two attached hydrogens (primary N) is 1. The van der Waals surface area contributed by atoms with Crippen LogP contribution in [0.5, 0.6) is 0 Å². The molecule has 1 aromatic heterocycles. The topological polar surface area (TPSA) is 68.0 Å². The molecule has 3 N–H and O–H groups in total. The predicted molar refractivity (Wildman–Crippen MR) is 70.7 cm³/mol. The summed E-state index contributed by atoms with van der Waals surface area (Å²) in [6, 6.07) is 4.94. The molecule has 0 atom stereocenters. The van der Waals surface area contributed by atoms with Gasteiger partial charge in [0.15, 0.2) is 5.13 Å². The number of rotatable bonds is 2. The number of thiazole rings is 1. The number of benzene rings is 1. The SMILES string of the molecule is Cc1cnc(NC(=O)c2cccc(Cl)c2N)s1. The number of hydrogen-bond donors (Lipinski definition) is 2. The van der Waals surface area contributed by atoms with Crippen molar-refractivity contribution >= 4 is 39.7 Å². The summed E-state index contributed by atoms with van der Waals surface area (Å²) in [5.41, 5.74) is 6.36. The standard InChI is InChI=1S/C11H10ClN3OS/c1-6-5-14-11(17-6)15-10(16)7-3-2-4-8(12)9(7)13/h2-5H,13H2,1H3,(H,14,15,16). The van der Waals surface area contributed by atoms with Crippen LogP contribution in [0.25, 0.3) is 0 Å². The van der Waals surface area contributed by atoms with E-state index in [2.05, 4.69) is 10.3 Å². The molecule has 0 saturated carbocycles. The molecule has 0 radical (unpaired) electrons. The van der Waals surface area contributed by atoms with Crippen molar-refractivity contribution in [3.63, 3.8) is 0 Å². The van der Waals surface area contributed by atoms with E-state index in [1.54, 1.807) is 24.4 Å². The molecule has 1 aromatic carbocycles. The molecule has 0 aliphatic rings. The summed E-state index contributed by atoms with van der Waals surface area (Å²) in [5.74, 6) is -0.306. The minimum Gasteiger partial charge on any atom is -0.397 e. The van der Waals surface area contributed by atoms with Crippen LogP contribution < -0.4 is 11.1 Å². The van der Waals surface area contributed by atoms with Gasteiger partial charge in [-0.25, -0.2) is 4.98 Å². The van der Waals surface area contributed by atoms with Crippen molar-refractivity contribution in [2.45, 2.75) is 6.92 Å². The number of anilines is 2. The smallest absolute Gasteiger partial charge is 0.259 e. The molecule has 2 aromatic rings. The normalized spacial score (nSPS) is 10.2. The number of carbonyl (C=O) groups is 1. The van der Waals surface area contributed by atoms with Crippen LogP contribution in [-0.4, -0.2) is 10.9 Å². The average Bonchev–Trinajstić information content (AvgIpc) is 2.68. The van der Waals surface area contributed by atoms with E-state index in [9.17, 15) is 4.79 Å². The van der Waals surface area contributed by atoms with E-state index in [1.165, 1.54) is 11.3 Å². The molecule has 1 amide bonds. The maximum atomic E-state index is 11.9. The number of aryl methyl sites for hydroxylation is 1. The van der Waals surface area contributed by atoms with Gasteiger partial charge in [0.25, 0.3) is 5.91 Å². The zero-order valence-corrected chi connectivity index (χ0v) is 10.6. The van der Waals surface area contributed by atoms with E-state index in [1.807, 2.05) is 6.92 Å². The number of hydrogen-bond acceptors (Lipinski definition) is 4. The molecule has 0 spiro atoms. The Morgan fingerprint density at radius 2 is 2.29 bits per heavy atom. The molecule has 0 aliphatic carbocycles. The van der Waals surface area contributed by atoms with Gasteiger partial charge in [-0.2, -0.15) is 0 Å². The zero-order valence-electron chi connectivity index (χ0n) is 9.03. The van der Waals surface area contributed by atoms with Crippen LogP contribution >= 0.6 is 22.9 Å². The lowest BCUT2D eigenvalue weighted by Crippen LogP contribution is -2.13. The lowest BCUT2D eigenvalue weighted by atomic mass is 10.1. The van der Waals surface area contributed by atoms with Gasteiger partial charge in [-0.15, -0.1) is 11.3 Å². The summed E-state index contributed by atoms with van der Waals surface area (Å²) in [5, 5.41) is 3.59. The molecule has 0 fully saturated rings. The monoisotopic (exact) mass is 267 g/mol. The first-order chi connectivity index (χ1) is 8.08. The summed E-state index contributed by atoms with van der Waals surface area (Å²) in [7, 11) is 0. The van der Waals surface area contributed by atoms with E-state index in [0.29, 0.717) is 15.7 Å². The molecular weight excluding hydrogens is 258 g/mol. The maximum Gasteiger partial charge on any atom is 0.259 e. The van der Waals surface area contributed by atoms with Gasteiger partial charge in [0.2, 0.25) is 0 Å². The Morgan fingerprint density at radius 1 is 1.53 bits per heavy atom. The quantitative estimate of drug-likeness (QED) is 0.822. The molecule has 0 unspecified atom stereocenters. The Hall–Kier alpha value is -1.59. The summed E-state index contributed by atoms with van der Waals surface area (Å²) in [6.07, 6.45) is 1.70. The first kappa shape index (κ1) is 11.9. The highest BCUT2D eigenvalue weighted by Crippen LogP contribution is 2.24. The molecule has 2 rings (SSSR count). The third-order valence-corrected chi connectivity index (χ3v) is 3.30. The lowest BCUT2D eigenvalue weighted by molar-refractivity contribution is 0.102. The number of amides is 1. The highest BCUT2D eigenvalue weighted by molar-refractivity contribution is 7.15. The Balaban J connectivity index is 2.23. The van der Waals surface area contributed by atoms with Gasteiger partial charge >= 0.3 is 0 Å². The average molecular weight is 268 g/mol.